The molecule has 12 heavy (non-hydrogen) atoms. The van der Waals surface area contributed by atoms with E-state index in [1.807, 2.05) is 0 Å². The van der Waals surface area contributed by atoms with Crippen LogP contribution in [0.25, 0.3) is 0 Å². The van der Waals surface area contributed by atoms with Crippen LogP contribution in [0.2, 0.25) is 0 Å². The summed E-state index contributed by atoms with van der Waals surface area (Å²) in [7, 11) is 0. The quantitative estimate of drug-likeness (QED) is 0.621. The van der Waals surface area contributed by atoms with Gasteiger partial charge in [0.25, 0.3) is 5.56 Å². The maximum atomic E-state index is 11.2. The first-order chi connectivity index (χ1) is 5.52. The van der Waals surface area contributed by atoms with Crippen molar-refractivity contribution >= 4 is 0 Å². The molecule has 0 saturated carbocycles. The number of hydrogen-bond donors (Lipinski definition) is 0. The van der Waals surface area contributed by atoms with Crippen LogP contribution >= 0.6 is 0 Å². The van der Waals surface area contributed by atoms with Crippen molar-refractivity contribution in [2.45, 2.75) is 26.8 Å². The number of hydrogen-bond acceptors (Lipinski definition) is 3. The van der Waals surface area contributed by atoms with E-state index in [-0.39, 0.29) is 11.6 Å². The molecule has 0 atom stereocenters. The van der Waals surface area contributed by atoms with Gasteiger partial charge in [0.2, 0.25) is 0 Å². The fraction of sp³-hybridized carbons (Fsp3) is 0.500. The van der Waals surface area contributed by atoms with Crippen molar-refractivity contribution in [3.8, 4) is 0 Å². The van der Waals surface area contributed by atoms with Crippen molar-refractivity contribution in [1.82, 2.24) is 4.57 Å². The molecule has 4 heteroatoms. The molecule has 0 N–H and O–H groups in total. The van der Waals surface area contributed by atoms with E-state index < -0.39 is 5.76 Å². The fourth-order valence-corrected chi connectivity index (χ4v) is 1.02. The summed E-state index contributed by atoms with van der Waals surface area (Å²) >= 11 is 0. The summed E-state index contributed by atoms with van der Waals surface area (Å²) < 4.78 is 5.83. The van der Waals surface area contributed by atoms with Crippen molar-refractivity contribution in [2.24, 2.45) is 0 Å². The molecule has 1 rings (SSSR count). The minimum atomic E-state index is -0.588. The van der Waals surface area contributed by atoms with E-state index in [1.54, 1.807) is 20.8 Å². The van der Waals surface area contributed by atoms with Gasteiger partial charge in [-0.15, -0.1) is 0 Å². The summed E-state index contributed by atoms with van der Waals surface area (Å²) in [6.07, 6.45) is 0. The van der Waals surface area contributed by atoms with Gasteiger partial charge in [-0.05, 0) is 20.8 Å². The molecule has 0 fully saturated rings. The Morgan fingerprint density at radius 1 is 1.42 bits per heavy atom. The monoisotopic (exact) mass is 169 g/mol. The molecule has 0 aliphatic rings. The van der Waals surface area contributed by atoms with Gasteiger partial charge in [0.15, 0.2) is 0 Å². The van der Waals surface area contributed by atoms with Crippen LogP contribution in [0.1, 0.15) is 25.6 Å². The van der Waals surface area contributed by atoms with Crippen LogP contribution in [0.15, 0.2) is 20.1 Å². The lowest BCUT2D eigenvalue weighted by Crippen LogP contribution is -2.33. The first kappa shape index (κ1) is 8.77. The summed E-state index contributed by atoms with van der Waals surface area (Å²) in [6, 6.07) is 1.15. The van der Waals surface area contributed by atoms with Crippen LogP contribution in [0.3, 0.4) is 0 Å². The average Bonchev–Trinajstić information content (AvgIpc) is 1.82. The van der Waals surface area contributed by atoms with Crippen molar-refractivity contribution in [3.05, 3.63) is 32.7 Å². The van der Waals surface area contributed by atoms with Gasteiger partial charge in [-0.25, -0.2) is 9.36 Å². The van der Waals surface area contributed by atoms with E-state index >= 15 is 0 Å². The Bertz CT molecular complexity index is 355. The van der Waals surface area contributed by atoms with E-state index in [1.165, 1.54) is 6.07 Å². The van der Waals surface area contributed by atoms with E-state index in [9.17, 15) is 9.59 Å². The third-order valence-electron chi connectivity index (χ3n) is 1.53. The third-order valence-corrected chi connectivity index (χ3v) is 1.53. The van der Waals surface area contributed by atoms with Crippen molar-refractivity contribution in [1.29, 1.82) is 0 Å². The Labute approximate surface area is 69.4 Å². The Kier molecular flexibility index (Phi) is 2.17. The number of rotatable bonds is 1. The van der Waals surface area contributed by atoms with Crippen LogP contribution in [-0.4, -0.2) is 4.57 Å². The fourth-order valence-electron chi connectivity index (χ4n) is 1.02. The predicted octanol–water partition coefficient (Wildman–Crippen LogP) is 0.691. The molecule has 0 spiro atoms. The standard InChI is InChI=1S/C8H11NO3/c1-5(2)9-7(10)4-6(3)12-8(9)11/h4-5H,1-3H3. The maximum Gasteiger partial charge on any atom is 0.422 e. The van der Waals surface area contributed by atoms with Crippen LogP contribution in [0.5, 0.6) is 0 Å². The van der Waals surface area contributed by atoms with E-state index in [4.69, 9.17) is 4.42 Å². The van der Waals surface area contributed by atoms with E-state index in [0.29, 0.717) is 5.76 Å². The van der Waals surface area contributed by atoms with Gasteiger partial charge >= 0.3 is 5.76 Å². The second-order valence-electron chi connectivity index (χ2n) is 2.92. The maximum absolute atomic E-state index is 11.2. The van der Waals surface area contributed by atoms with Gasteiger partial charge in [0.1, 0.15) is 5.76 Å². The van der Waals surface area contributed by atoms with Gasteiger partial charge < -0.3 is 4.42 Å². The van der Waals surface area contributed by atoms with Gasteiger partial charge in [-0.1, -0.05) is 0 Å². The smallest absolute Gasteiger partial charge is 0.415 e. The SMILES string of the molecule is Cc1cc(=O)n(C(C)C)c(=O)o1. The van der Waals surface area contributed by atoms with Gasteiger partial charge in [-0.2, -0.15) is 0 Å². The zero-order valence-corrected chi connectivity index (χ0v) is 7.33. The normalized spacial score (nSPS) is 10.7. The lowest BCUT2D eigenvalue weighted by Gasteiger charge is -2.05. The van der Waals surface area contributed by atoms with Crippen LogP contribution in [-0.2, 0) is 0 Å². The molecule has 0 unspecified atom stereocenters. The second kappa shape index (κ2) is 2.97. The average molecular weight is 169 g/mol. The Morgan fingerprint density at radius 2 is 2.00 bits per heavy atom. The summed E-state index contributed by atoms with van der Waals surface area (Å²) in [6.45, 7) is 5.09. The largest absolute Gasteiger partial charge is 0.422 e. The molecule has 66 valence electrons. The Hall–Kier alpha value is -1.32. The molecule has 1 heterocycles. The number of nitrogens with zero attached hydrogens (tertiary/aromatic N) is 1. The van der Waals surface area contributed by atoms with Crippen molar-refractivity contribution in [3.63, 3.8) is 0 Å². The highest BCUT2D eigenvalue weighted by molar-refractivity contribution is 4.92. The molecule has 1 aromatic rings. The molecule has 4 nitrogen and oxygen atoms in total. The lowest BCUT2D eigenvalue weighted by atomic mass is 10.4. The van der Waals surface area contributed by atoms with Gasteiger partial charge in [-0.3, -0.25) is 4.79 Å². The minimum Gasteiger partial charge on any atom is -0.415 e. The molecule has 0 saturated heterocycles. The number of aryl methyl sites for hydroxylation is 1. The summed E-state index contributed by atoms with van der Waals surface area (Å²) in [5.74, 6) is -0.239. The number of aromatic nitrogens is 1. The highest BCUT2D eigenvalue weighted by atomic mass is 16.4. The molecule has 0 aliphatic carbocycles. The van der Waals surface area contributed by atoms with Crippen LogP contribution < -0.4 is 11.3 Å². The van der Waals surface area contributed by atoms with Crippen molar-refractivity contribution < 1.29 is 4.42 Å². The predicted molar refractivity (Wildman–Crippen MR) is 44.4 cm³/mol. The molecule has 1 aromatic heterocycles. The molecule has 0 amide bonds. The third kappa shape index (κ3) is 1.47. The van der Waals surface area contributed by atoms with Crippen molar-refractivity contribution in [2.75, 3.05) is 0 Å². The molecular weight excluding hydrogens is 158 g/mol. The summed E-state index contributed by atoms with van der Waals surface area (Å²) in [5, 5.41) is 0. The van der Waals surface area contributed by atoms with Crippen LogP contribution in [0, 0.1) is 6.92 Å². The zero-order chi connectivity index (χ0) is 9.30. The van der Waals surface area contributed by atoms with Crippen LogP contribution in [0.4, 0.5) is 0 Å². The second-order valence-corrected chi connectivity index (χ2v) is 2.92. The zero-order valence-electron chi connectivity index (χ0n) is 7.33. The first-order valence-corrected chi connectivity index (χ1v) is 3.75. The van der Waals surface area contributed by atoms with Gasteiger partial charge in [0.05, 0.1) is 0 Å². The molecule has 0 aliphatic heterocycles. The highest BCUT2D eigenvalue weighted by Crippen LogP contribution is 1.95. The minimum absolute atomic E-state index is 0.158. The summed E-state index contributed by atoms with van der Waals surface area (Å²) in [4.78, 5) is 22.3. The van der Waals surface area contributed by atoms with E-state index in [0.717, 1.165) is 4.57 Å². The first-order valence-electron chi connectivity index (χ1n) is 3.75. The molecular formula is C8H11NO3. The highest BCUT2D eigenvalue weighted by Gasteiger charge is 2.06. The Balaban J connectivity index is 3.50. The topological polar surface area (TPSA) is 52.2 Å². The molecule has 0 bridgehead atoms. The van der Waals surface area contributed by atoms with E-state index in [2.05, 4.69) is 0 Å². The van der Waals surface area contributed by atoms with Gasteiger partial charge in [0, 0.05) is 12.1 Å². The Morgan fingerprint density at radius 3 is 2.42 bits per heavy atom. The molecule has 0 aromatic carbocycles. The lowest BCUT2D eigenvalue weighted by molar-refractivity contribution is 0.379. The summed E-state index contributed by atoms with van der Waals surface area (Å²) in [5.41, 5.74) is -0.307. The molecule has 0 radical (unpaired) electrons.